The van der Waals surface area contributed by atoms with Crippen LogP contribution in [0.2, 0.25) is 0 Å². The first-order valence-electron chi connectivity index (χ1n) is 9.04. The Morgan fingerprint density at radius 2 is 2.00 bits per heavy atom. The number of carbonyl (C=O) groups is 2. The zero-order chi connectivity index (χ0) is 20.7. The first kappa shape index (κ1) is 19.2. The molecule has 0 spiro atoms. The predicted octanol–water partition coefficient (Wildman–Crippen LogP) is 1.42. The molecule has 0 fully saturated rings. The Labute approximate surface area is 171 Å². The maximum Gasteiger partial charge on any atom is 0.260 e. The van der Waals surface area contributed by atoms with Crippen LogP contribution in [-0.2, 0) is 9.59 Å². The summed E-state index contributed by atoms with van der Waals surface area (Å²) in [6.45, 7) is 5.95. The van der Waals surface area contributed by atoms with Gasteiger partial charge in [-0.3, -0.25) is 9.59 Å². The summed E-state index contributed by atoms with van der Waals surface area (Å²) in [7, 11) is 0. The zero-order valence-corrected chi connectivity index (χ0v) is 17.1. The lowest BCUT2D eigenvalue weighted by atomic mass is 10.2. The molecule has 0 bridgehead atoms. The number of fused-ring (bicyclic) bond motifs is 2. The molecule has 10 heteroatoms. The van der Waals surface area contributed by atoms with Crippen molar-refractivity contribution in [2.24, 2.45) is 5.73 Å². The van der Waals surface area contributed by atoms with Crippen LogP contribution in [0.5, 0.6) is 5.75 Å². The number of nitrogens with zero attached hydrogens (tertiary/aromatic N) is 5. The van der Waals surface area contributed by atoms with Gasteiger partial charge in [0.05, 0.1) is 18.0 Å². The molecule has 1 aliphatic rings. The van der Waals surface area contributed by atoms with Gasteiger partial charge in [-0.25, -0.2) is 9.50 Å². The second-order valence-corrected chi connectivity index (χ2v) is 7.73. The number of hydrogen-bond donors (Lipinski definition) is 1. The maximum atomic E-state index is 12.9. The highest BCUT2D eigenvalue weighted by Gasteiger charge is 2.32. The number of thioether (sulfide) groups is 1. The zero-order valence-electron chi connectivity index (χ0n) is 16.2. The van der Waals surface area contributed by atoms with E-state index in [9.17, 15) is 9.59 Å². The summed E-state index contributed by atoms with van der Waals surface area (Å²) in [6, 6.07) is 7.07. The van der Waals surface area contributed by atoms with Gasteiger partial charge >= 0.3 is 0 Å². The van der Waals surface area contributed by atoms with Crippen molar-refractivity contribution in [1.82, 2.24) is 19.6 Å². The highest BCUT2D eigenvalue weighted by Crippen LogP contribution is 2.33. The third kappa shape index (κ3) is 3.51. The van der Waals surface area contributed by atoms with Crippen molar-refractivity contribution in [2.75, 3.05) is 17.2 Å². The molecule has 0 aliphatic carbocycles. The largest absolute Gasteiger partial charge is 0.477 e. The molecule has 9 nitrogen and oxygen atoms in total. The molecule has 3 aromatic rings. The van der Waals surface area contributed by atoms with E-state index in [1.165, 1.54) is 16.7 Å². The van der Waals surface area contributed by atoms with Crippen LogP contribution < -0.4 is 15.4 Å². The molecule has 0 saturated heterocycles. The summed E-state index contributed by atoms with van der Waals surface area (Å²) in [4.78, 5) is 34.9. The summed E-state index contributed by atoms with van der Waals surface area (Å²) >= 11 is 1.22. The lowest BCUT2D eigenvalue weighted by molar-refractivity contribution is -0.125. The summed E-state index contributed by atoms with van der Waals surface area (Å²) in [6.07, 6.45) is -0.884. The Kier molecular flexibility index (Phi) is 4.87. The van der Waals surface area contributed by atoms with Crippen molar-refractivity contribution in [2.45, 2.75) is 32.0 Å². The minimum Gasteiger partial charge on any atom is -0.477 e. The van der Waals surface area contributed by atoms with Gasteiger partial charge in [0.2, 0.25) is 11.1 Å². The number of ether oxygens (including phenoxy) is 1. The van der Waals surface area contributed by atoms with E-state index in [4.69, 9.17) is 10.5 Å². The van der Waals surface area contributed by atoms with Crippen molar-refractivity contribution in [3.63, 3.8) is 0 Å². The van der Waals surface area contributed by atoms with Crippen LogP contribution in [0.25, 0.3) is 5.78 Å². The smallest absolute Gasteiger partial charge is 0.260 e. The van der Waals surface area contributed by atoms with E-state index in [1.807, 2.05) is 26.8 Å². The van der Waals surface area contributed by atoms with Gasteiger partial charge in [0.1, 0.15) is 5.75 Å². The van der Waals surface area contributed by atoms with Gasteiger partial charge in [0.15, 0.2) is 6.10 Å². The predicted molar refractivity (Wildman–Crippen MR) is 108 cm³/mol. The molecule has 3 heterocycles. The molecule has 1 atom stereocenters. The van der Waals surface area contributed by atoms with Crippen LogP contribution in [0.3, 0.4) is 0 Å². The molecular weight excluding hydrogens is 392 g/mol. The van der Waals surface area contributed by atoms with Crippen LogP contribution in [0, 0.1) is 20.8 Å². The Morgan fingerprint density at radius 3 is 2.76 bits per heavy atom. The molecule has 1 aromatic carbocycles. The molecule has 1 aliphatic heterocycles. The monoisotopic (exact) mass is 412 g/mol. The highest BCUT2D eigenvalue weighted by atomic mass is 32.2. The number of amides is 2. The van der Waals surface area contributed by atoms with E-state index >= 15 is 0 Å². The second-order valence-electron chi connectivity index (χ2n) is 6.78. The van der Waals surface area contributed by atoms with E-state index in [1.54, 1.807) is 22.7 Å². The van der Waals surface area contributed by atoms with Gasteiger partial charge < -0.3 is 15.4 Å². The van der Waals surface area contributed by atoms with Gasteiger partial charge in [-0.2, -0.15) is 4.98 Å². The van der Waals surface area contributed by atoms with Gasteiger partial charge in [0, 0.05) is 11.4 Å². The minimum absolute atomic E-state index is 0.0728. The molecule has 2 N–H and O–H groups in total. The lowest BCUT2D eigenvalue weighted by Crippen LogP contribution is -2.49. The van der Waals surface area contributed by atoms with Crippen molar-refractivity contribution in [3.8, 4) is 5.75 Å². The second kappa shape index (κ2) is 7.36. The average Bonchev–Trinajstić information content (AvgIpc) is 3.12. The van der Waals surface area contributed by atoms with E-state index in [0.29, 0.717) is 22.4 Å². The molecule has 150 valence electrons. The van der Waals surface area contributed by atoms with Gasteiger partial charge in [-0.15, -0.1) is 5.10 Å². The first-order valence-corrected chi connectivity index (χ1v) is 10.0. The molecule has 4 rings (SSSR count). The number of carbonyl (C=O) groups excluding carboxylic acids is 2. The highest BCUT2D eigenvalue weighted by molar-refractivity contribution is 7.99. The normalized spacial score (nSPS) is 15.8. The van der Waals surface area contributed by atoms with Crippen LogP contribution in [0.15, 0.2) is 29.4 Å². The summed E-state index contributed by atoms with van der Waals surface area (Å²) < 4.78 is 7.28. The topological polar surface area (TPSA) is 116 Å². The fourth-order valence-corrected chi connectivity index (χ4v) is 3.82. The van der Waals surface area contributed by atoms with E-state index in [0.717, 1.165) is 17.0 Å². The van der Waals surface area contributed by atoms with Crippen molar-refractivity contribution >= 4 is 35.0 Å². The molecule has 0 saturated carbocycles. The van der Waals surface area contributed by atoms with Crippen LogP contribution in [-0.4, -0.2) is 49.8 Å². The average molecular weight is 412 g/mol. The number of aryl methyl sites for hydroxylation is 2. The number of benzene rings is 1. The summed E-state index contributed by atoms with van der Waals surface area (Å²) in [5.74, 6) is 0.268. The van der Waals surface area contributed by atoms with Crippen LogP contribution >= 0.6 is 11.8 Å². The Balaban J connectivity index is 1.54. The first-order chi connectivity index (χ1) is 13.8. The molecule has 0 radical (unpaired) electrons. The third-order valence-electron chi connectivity index (χ3n) is 4.96. The fraction of sp³-hybridized carbons (Fsp3) is 0.316. The number of aromatic nitrogens is 4. The number of primary amides is 1. The SMILES string of the molecule is Cc1nc2nc(SCC(=O)N3C[C@@H](C(N)=O)Oc4ccccc43)nn2c(C)c1C. The van der Waals surface area contributed by atoms with Gasteiger partial charge in [-0.05, 0) is 38.5 Å². The summed E-state index contributed by atoms with van der Waals surface area (Å²) in [5, 5.41) is 4.92. The number of rotatable bonds is 4. The third-order valence-corrected chi connectivity index (χ3v) is 5.78. The summed E-state index contributed by atoms with van der Waals surface area (Å²) in [5.41, 5.74) is 8.93. The van der Waals surface area contributed by atoms with Gasteiger partial charge in [-0.1, -0.05) is 23.9 Å². The van der Waals surface area contributed by atoms with Crippen molar-refractivity contribution in [3.05, 3.63) is 41.2 Å². The molecule has 0 unspecified atom stereocenters. The van der Waals surface area contributed by atoms with Crippen LogP contribution in [0.4, 0.5) is 5.69 Å². The van der Waals surface area contributed by atoms with E-state index < -0.39 is 12.0 Å². The Hall–Kier alpha value is -3.14. The fourth-order valence-electron chi connectivity index (χ4n) is 3.12. The van der Waals surface area contributed by atoms with E-state index in [-0.39, 0.29) is 18.2 Å². The standard InChI is InChI=1S/C19H20N6O3S/c1-10-11(2)21-18-22-19(23-25(18)12(10)3)29-9-16(26)24-8-15(17(20)27)28-14-7-5-4-6-13(14)24/h4-7,15H,8-9H2,1-3H3,(H2,20,27)/t15-/m0/s1. The number of nitrogens with two attached hydrogens (primary N) is 1. The Bertz CT molecular complexity index is 1130. The number of para-hydroxylation sites is 2. The Morgan fingerprint density at radius 1 is 1.24 bits per heavy atom. The quantitative estimate of drug-likeness (QED) is 0.644. The maximum absolute atomic E-state index is 12.9. The molecule has 2 amide bonds. The number of hydrogen-bond acceptors (Lipinski definition) is 7. The van der Waals surface area contributed by atoms with Crippen molar-refractivity contribution < 1.29 is 14.3 Å². The number of anilines is 1. The molecule has 2 aromatic heterocycles. The van der Waals surface area contributed by atoms with Crippen molar-refractivity contribution in [1.29, 1.82) is 0 Å². The van der Waals surface area contributed by atoms with E-state index in [2.05, 4.69) is 15.1 Å². The lowest BCUT2D eigenvalue weighted by Gasteiger charge is -2.33. The molecule has 29 heavy (non-hydrogen) atoms. The van der Waals surface area contributed by atoms with Gasteiger partial charge in [0.25, 0.3) is 11.7 Å². The van der Waals surface area contributed by atoms with Crippen LogP contribution in [0.1, 0.15) is 17.0 Å². The molecular formula is C19H20N6O3S. The minimum atomic E-state index is -0.884.